The summed E-state index contributed by atoms with van der Waals surface area (Å²) >= 11 is 0. The number of amides is 1. The quantitative estimate of drug-likeness (QED) is 0.209. The van der Waals surface area contributed by atoms with Gasteiger partial charge in [0.15, 0.2) is 5.76 Å². The van der Waals surface area contributed by atoms with Crippen LogP contribution in [-0.2, 0) is 27.4 Å². The number of piperazine rings is 1. The average molecular weight is 690 g/mol. The van der Waals surface area contributed by atoms with Crippen LogP contribution >= 0.6 is 0 Å². The Kier molecular flexibility index (Phi) is 9.73. The molecule has 1 aliphatic heterocycles. The Hall–Kier alpha value is -4.27. The van der Waals surface area contributed by atoms with Gasteiger partial charge in [0.1, 0.15) is 11.2 Å². The summed E-state index contributed by atoms with van der Waals surface area (Å²) in [5.41, 5.74) is -0.687. The summed E-state index contributed by atoms with van der Waals surface area (Å²) in [5.74, 6) is -0.141. The van der Waals surface area contributed by atoms with Crippen molar-refractivity contribution in [3.63, 3.8) is 0 Å². The number of furan rings is 1. The molecule has 0 unspecified atom stereocenters. The van der Waals surface area contributed by atoms with Crippen LogP contribution in [-0.4, -0.2) is 67.9 Å². The fourth-order valence-electron chi connectivity index (χ4n) is 5.65. The van der Waals surface area contributed by atoms with Gasteiger partial charge in [0, 0.05) is 49.4 Å². The summed E-state index contributed by atoms with van der Waals surface area (Å²) in [6.07, 6.45) is -7.07. The zero-order valence-electron chi connectivity index (χ0n) is 27.0. The van der Waals surface area contributed by atoms with Crippen molar-refractivity contribution in [2.24, 2.45) is 0 Å². The number of benzene rings is 3. The number of halogens is 3. The number of rotatable bonds is 8. The van der Waals surface area contributed by atoms with Gasteiger partial charge in [0.25, 0.3) is 10.0 Å². The number of hydrogen-bond acceptors (Lipinski definition) is 8. The van der Waals surface area contributed by atoms with E-state index in [9.17, 15) is 36.6 Å². The third-order valence-corrected chi connectivity index (χ3v) is 9.88. The van der Waals surface area contributed by atoms with E-state index in [1.54, 1.807) is 58.0 Å². The Morgan fingerprint density at radius 3 is 2.25 bits per heavy atom. The molecule has 10 nitrogen and oxygen atoms in total. The number of ether oxygens (including phenoxy) is 1. The molecule has 2 heterocycles. The molecule has 0 aliphatic carbocycles. The molecule has 2 N–H and O–H groups in total. The number of carbonyl (C=O) groups is 1. The van der Waals surface area contributed by atoms with E-state index in [1.807, 2.05) is 0 Å². The number of aliphatic hydroxyl groups is 2. The molecule has 4 aromatic rings. The van der Waals surface area contributed by atoms with Crippen LogP contribution in [0.25, 0.3) is 11.0 Å². The lowest BCUT2D eigenvalue weighted by Gasteiger charge is -2.38. The topological polar surface area (TPSA) is 124 Å². The van der Waals surface area contributed by atoms with Crippen LogP contribution in [0.4, 0.5) is 29.3 Å². The largest absolute Gasteiger partial charge is 0.455 e. The van der Waals surface area contributed by atoms with E-state index >= 15 is 0 Å². The Bertz CT molecular complexity index is 1880. The zero-order valence-corrected chi connectivity index (χ0v) is 27.8. The molecule has 5 rings (SSSR count). The van der Waals surface area contributed by atoms with Gasteiger partial charge in [-0.05, 0) is 76.1 Å². The van der Waals surface area contributed by atoms with Gasteiger partial charge < -0.3 is 29.2 Å². The van der Waals surface area contributed by atoms with Crippen LogP contribution in [0.5, 0.6) is 0 Å². The number of alkyl halides is 3. The van der Waals surface area contributed by atoms with Crippen molar-refractivity contribution < 1.29 is 45.8 Å². The lowest BCUT2D eigenvalue weighted by molar-refractivity contribution is -0.137. The normalized spacial score (nSPS) is 14.5. The van der Waals surface area contributed by atoms with Crippen LogP contribution in [0.3, 0.4) is 0 Å². The molecule has 14 heteroatoms. The number of nitrogens with zero attached hydrogens (tertiary/aromatic N) is 3. The predicted molar refractivity (Wildman–Crippen MR) is 174 cm³/mol. The molecule has 48 heavy (non-hydrogen) atoms. The number of hydrogen-bond donors (Lipinski definition) is 2. The molecule has 1 aromatic heterocycles. The second kappa shape index (κ2) is 13.3. The fourth-order valence-corrected chi connectivity index (χ4v) is 7.14. The molecular formula is C34H38F3N3O7S. The minimum absolute atomic E-state index is 0.117. The number of anilines is 2. The highest BCUT2D eigenvalue weighted by Gasteiger charge is 2.38. The number of fused-ring (bicyclic) bond motifs is 1. The van der Waals surface area contributed by atoms with Gasteiger partial charge in [-0.25, -0.2) is 13.2 Å². The molecule has 0 spiro atoms. The first kappa shape index (κ1) is 35.0. The minimum atomic E-state index is -4.82. The molecular weight excluding hydrogens is 651 g/mol. The molecule has 1 fully saturated rings. The van der Waals surface area contributed by atoms with E-state index in [-0.39, 0.29) is 66.8 Å². The Morgan fingerprint density at radius 2 is 1.65 bits per heavy atom. The molecule has 0 radical (unpaired) electrons. The third kappa shape index (κ3) is 7.55. The summed E-state index contributed by atoms with van der Waals surface area (Å²) in [6.45, 7) is 7.11. The number of sulfonamides is 1. The van der Waals surface area contributed by atoms with Crippen molar-refractivity contribution in [1.82, 2.24) is 4.90 Å². The smallest absolute Gasteiger partial charge is 0.418 e. The van der Waals surface area contributed by atoms with Gasteiger partial charge >= 0.3 is 12.3 Å². The molecule has 1 amide bonds. The van der Waals surface area contributed by atoms with E-state index in [1.165, 1.54) is 40.1 Å². The Balaban J connectivity index is 1.51. The summed E-state index contributed by atoms with van der Waals surface area (Å²) in [6, 6.07) is 16.4. The molecule has 0 atom stereocenters. The average Bonchev–Trinajstić information content (AvgIpc) is 3.36. The van der Waals surface area contributed by atoms with E-state index in [2.05, 4.69) is 0 Å². The summed E-state index contributed by atoms with van der Waals surface area (Å²) in [4.78, 5) is 15.3. The molecule has 258 valence electrons. The monoisotopic (exact) mass is 689 g/mol. The predicted octanol–water partition coefficient (Wildman–Crippen LogP) is 6.24. The molecule has 0 saturated carbocycles. The standard InChI is InChI=1S/C34H38F3N3O7S/c1-22-26-21-25(11-13-29(26)46-30(22)31(41)42)48(44,45)40(15-14-23-8-6-5-7-9-23)24-10-12-28(27(20-24)34(35,36)37)38-16-18-39(19-17-38)32(43)47-33(2,3)4/h5-13,20-21,31,41-42H,14-19H2,1-4H3. The zero-order chi connectivity index (χ0) is 35.0. The number of aliphatic hydroxyl groups excluding tert-OH is 1. The first-order valence-corrected chi connectivity index (χ1v) is 16.8. The maximum atomic E-state index is 14.7. The molecule has 1 aliphatic rings. The number of carbonyl (C=O) groups excluding carboxylic acids is 1. The van der Waals surface area contributed by atoms with Crippen molar-refractivity contribution in [3.8, 4) is 0 Å². The lowest BCUT2D eigenvalue weighted by atomic mass is 10.1. The fraction of sp³-hybridized carbons (Fsp3) is 0.382. The van der Waals surface area contributed by atoms with Gasteiger partial charge in [-0.15, -0.1) is 0 Å². The van der Waals surface area contributed by atoms with Crippen molar-refractivity contribution in [2.45, 2.75) is 57.1 Å². The van der Waals surface area contributed by atoms with E-state index < -0.39 is 39.7 Å². The highest BCUT2D eigenvalue weighted by atomic mass is 32.2. The van der Waals surface area contributed by atoms with Gasteiger partial charge in [-0.3, -0.25) is 4.31 Å². The summed E-state index contributed by atoms with van der Waals surface area (Å²) in [7, 11) is -4.45. The number of aryl methyl sites for hydroxylation is 1. The van der Waals surface area contributed by atoms with E-state index in [0.717, 1.165) is 15.9 Å². The third-order valence-electron chi connectivity index (χ3n) is 8.06. The second-order valence-electron chi connectivity index (χ2n) is 12.6. The van der Waals surface area contributed by atoms with Crippen LogP contribution in [0.15, 0.2) is 76.0 Å². The lowest BCUT2D eigenvalue weighted by Crippen LogP contribution is -2.50. The first-order valence-electron chi connectivity index (χ1n) is 15.4. The SMILES string of the molecule is Cc1c(C(O)O)oc2ccc(S(=O)(=O)N(CCc3ccccc3)c3ccc(N4CCN(C(=O)OC(C)(C)C)CC4)c(C(F)(F)F)c3)cc12. The maximum absolute atomic E-state index is 14.7. The van der Waals surface area contributed by atoms with Crippen LogP contribution in [0.1, 0.15) is 49.5 Å². The highest BCUT2D eigenvalue weighted by Crippen LogP contribution is 2.41. The van der Waals surface area contributed by atoms with Gasteiger partial charge in [-0.2, -0.15) is 13.2 Å². The van der Waals surface area contributed by atoms with E-state index in [4.69, 9.17) is 9.15 Å². The van der Waals surface area contributed by atoms with Crippen molar-refractivity contribution >= 4 is 38.5 Å². The molecule has 1 saturated heterocycles. The van der Waals surface area contributed by atoms with Crippen LogP contribution in [0, 0.1) is 6.92 Å². The first-order chi connectivity index (χ1) is 22.5. The van der Waals surface area contributed by atoms with Crippen molar-refractivity contribution in [1.29, 1.82) is 0 Å². The van der Waals surface area contributed by atoms with Gasteiger partial charge in [0.05, 0.1) is 16.1 Å². The maximum Gasteiger partial charge on any atom is 0.418 e. The minimum Gasteiger partial charge on any atom is -0.455 e. The van der Waals surface area contributed by atoms with Crippen LogP contribution in [0.2, 0.25) is 0 Å². The van der Waals surface area contributed by atoms with Gasteiger partial charge in [-0.1, -0.05) is 30.3 Å². The van der Waals surface area contributed by atoms with Crippen LogP contribution < -0.4 is 9.21 Å². The molecule has 3 aromatic carbocycles. The van der Waals surface area contributed by atoms with Crippen molar-refractivity contribution in [3.05, 3.63) is 89.2 Å². The Morgan fingerprint density at radius 1 is 0.979 bits per heavy atom. The summed E-state index contributed by atoms with van der Waals surface area (Å²) < 4.78 is 84.3. The summed E-state index contributed by atoms with van der Waals surface area (Å²) in [5, 5.41) is 19.6. The Labute approximate surface area is 277 Å². The van der Waals surface area contributed by atoms with Crippen molar-refractivity contribution in [2.75, 3.05) is 41.9 Å². The highest BCUT2D eigenvalue weighted by molar-refractivity contribution is 7.92. The molecule has 0 bridgehead atoms. The second-order valence-corrected chi connectivity index (χ2v) is 14.5. The van der Waals surface area contributed by atoms with Gasteiger partial charge in [0.2, 0.25) is 6.29 Å². The van der Waals surface area contributed by atoms with E-state index in [0.29, 0.717) is 10.9 Å².